The summed E-state index contributed by atoms with van der Waals surface area (Å²) in [7, 11) is -0.438. The largest absolute Gasteiger partial charge is 0.298 e. The molecule has 5 aromatic rings. The lowest BCUT2D eigenvalue weighted by molar-refractivity contribution is 0.200. The fourth-order valence-corrected chi connectivity index (χ4v) is 6.66. The number of likely N-dealkylation sites (tertiary alicyclic amines) is 1. The van der Waals surface area contributed by atoms with E-state index in [1.54, 1.807) is 24.3 Å². The Morgan fingerprint density at radius 1 is 1.13 bits per heavy atom. The minimum atomic E-state index is -3.49. The first kappa shape index (κ1) is 24.9. The molecule has 1 saturated heterocycles. The molecule has 1 N–H and O–H groups in total. The quantitative estimate of drug-likeness (QED) is 0.322. The third kappa shape index (κ3) is 4.78. The molecule has 0 spiro atoms. The average Bonchev–Trinajstić information content (AvgIpc) is 3.70. The number of nitrogens with zero attached hydrogens (tertiary/aromatic N) is 6. The van der Waals surface area contributed by atoms with Crippen LogP contribution >= 0.6 is 11.3 Å². The summed E-state index contributed by atoms with van der Waals surface area (Å²) < 4.78 is 27.9. The molecule has 0 bridgehead atoms. The molecule has 0 aliphatic carbocycles. The van der Waals surface area contributed by atoms with Crippen LogP contribution in [-0.2, 0) is 16.6 Å². The van der Waals surface area contributed by atoms with Crippen LogP contribution in [0.15, 0.2) is 71.1 Å². The third-order valence-electron chi connectivity index (χ3n) is 7.11. The Bertz CT molecular complexity index is 1660. The summed E-state index contributed by atoms with van der Waals surface area (Å²) >= 11 is 1.81. The predicted octanol–water partition coefficient (Wildman–Crippen LogP) is 4.50. The highest BCUT2D eigenvalue weighted by Crippen LogP contribution is 2.31. The lowest BCUT2D eigenvalue weighted by Gasteiger charge is -2.31. The fraction of sp³-hybridized carbons (Fsp3) is 0.296. The van der Waals surface area contributed by atoms with E-state index in [0.29, 0.717) is 5.92 Å². The van der Waals surface area contributed by atoms with Crippen LogP contribution in [0.25, 0.3) is 27.8 Å². The Morgan fingerprint density at radius 2 is 1.97 bits per heavy atom. The van der Waals surface area contributed by atoms with E-state index in [1.165, 1.54) is 23.3 Å². The number of hydrogen-bond donors (Lipinski definition) is 1. The van der Waals surface area contributed by atoms with Crippen LogP contribution in [0.5, 0.6) is 0 Å². The van der Waals surface area contributed by atoms with E-state index in [-0.39, 0.29) is 4.90 Å². The molecular weight excluding hydrogens is 518 g/mol. The number of hydrogen-bond acceptors (Lipinski definition) is 7. The van der Waals surface area contributed by atoms with Crippen molar-refractivity contribution < 1.29 is 8.42 Å². The molecule has 0 unspecified atom stereocenters. The van der Waals surface area contributed by atoms with Crippen LogP contribution < -0.4 is 0 Å². The Kier molecular flexibility index (Phi) is 6.60. The highest BCUT2D eigenvalue weighted by molar-refractivity contribution is 7.89. The number of H-pyrrole nitrogens is 1. The molecule has 0 saturated carbocycles. The van der Waals surface area contributed by atoms with Crippen LogP contribution in [0.4, 0.5) is 0 Å². The van der Waals surface area contributed by atoms with E-state index in [0.717, 1.165) is 66.0 Å². The van der Waals surface area contributed by atoms with Gasteiger partial charge < -0.3 is 0 Å². The summed E-state index contributed by atoms with van der Waals surface area (Å²) in [5, 5.41) is 19.7. The molecule has 1 aliphatic rings. The van der Waals surface area contributed by atoms with Crippen molar-refractivity contribution >= 4 is 32.3 Å². The first-order valence-electron chi connectivity index (χ1n) is 12.6. The van der Waals surface area contributed by atoms with Crippen molar-refractivity contribution in [3.05, 3.63) is 76.7 Å². The second-order valence-electron chi connectivity index (χ2n) is 9.86. The second kappa shape index (κ2) is 10.1. The van der Waals surface area contributed by atoms with Gasteiger partial charge in [-0.2, -0.15) is 5.10 Å². The van der Waals surface area contributed by atoms with E-state index in [9.17, 15) is 8.42 Å². The second-order valence-corrected chi connectivity index (χ2v) is 13.0. The van der Waals surface area contributed by atoms with Gasteiger partial charge in [0.15, 0.2) is 0 Å². The smallest absolute Gasteiger partial charge is 0.242 e. The summed E-state index contributed by atoms with van der Waals surface area (Å²) in [4.78, 5) is 4.16. The summed E-state index contributed by atoms with van der Waals surface area (Å²) in [6.07, 6.45) is 4.31. The van der Waals surface area contributed by atoms with Crippen molar-refractivity contribution in [1.29, 1.82) is 0 Å². The van der Waals surface area contributed by atoms with Crippen molar-refractivity contribution in [1.82, 2.24) is 34.4 Å². The monoisotopic (exact) mass is 547 g/mol. The molecule has 196 valence electrons. The fourth-order valence-electron chi connectivity index (χ4n) is 5.01. The normalized spacial score (nSPS) is 17.0. The molecule has 11 heteroatoms. The lowest BCUT2D eigenvalue weighted by Crippen LogP contribution is -2.33. The molecule has 1 atom stereocenters. The highest BCUT2D eigenvalue weighted by atomic mass is 32.2. The maximum atomic E-state index is 12.4. The van der Waals surface area contributed by atoms with Gasteiger partial charge in [-0.25, -0.2) is 17.4 Å². The summed E-state index contributed by atoms with van der Waals surface area (Å²) in [6.45, 7) is 3.09. The number of nitrogens with one attached hydrogen (secondary N) is 1. The summed E-state index contributed by atoms with van der Waals surface area (Å²) in [5.74, 6) is 0.364. The van der Waals surface area contributed by atoms with Crippen molar-refractivity contribution in [2.75, 3.05) is 27.2 Å². The zero-order valence-corrected chi connectivity index (χ0v) is 22.9. The van der Waals surface area contributed by atoms with Crippen LogP contribution in [0, 0.1) is 0 Å². The van der Waals surface area contributed by atoms with Gasteiger partial charge >= 0.3 is 0 Å². The van der Waals surface area contributed by atoms with Gasteiger partial charge in [-0.15, -0.1) is 16.4 Å². The summed E-state index contributed by atoms with van der Waals surface area (Å²) in [6, 6.07) is 17.1. The Morgan fingerprint density at radius 3 is 2.74 bits per heavy atom. The SMILES string of the molecule is CN(C)S(=O)(=O)c1ccc(-c2n[nH]c3ccc(-n4cc([C@@H]5CCCN(Cc6cccs6)C5)nn4)cc23)cc1. The van der Waals surface area contributed by atoms with Gasteiger partial charge in [0, 0.05) is 48.9 Å². The molecule has 4 heterocycles. The number of aromatic nitrogens is 5. The first-order chi connectivity index (χ1) is 18.4. The van der Waals surface area contributed by atoms with Gasteiger partial charge in [-0.3, -0.25) is 10.00 Å². The number of benzene rings is 2. The van der Waals surface area contributed by atoms with Crippen LogP contribution in [-0.4, -0.2) is 70.0 Å². The maximum absolute atomic E-state index is 12.4. The molecule has 2 aromatic carbocycles. The standard InChI is InChI=1S/C27H29N7O2S2/c1-32(2)38(35,36)23-10-7-19(8-11-23)27-24-15-21(9-12-25(24)28-30-27)34-18-26(29-31-34)20-5-3-13-33(16-20)17-22-6-4-14-37-22/h4,6-12,14-15,18,20H,3,5,13,16-17H2,1-2H3,(H,28,30)/t20-/m1/s1. The molecule has 1 aliphatic heterocycles. The zero-order chi connectivity index (χ0) is 26.3. The summed E-state index contributed by atoms with van der Waals surface area (Å²) in [5.41, 5.74) is 4.40. The van der Waals surface area contributed by atoms with Crippen molar-refractivity contribution in [2.24, 2.45) is 0 Å². The molecule has 0 amide bonds. The van der Waals surface area contributed by atoms with E-state index >= 15 is 0 Å². The highest BCUT2D eigenvalue weighted by Gasteiger charge is 2.24. The molecule has 1 fully saturated rings. The Labute approximate surface area is 225 Å². The molecule has 9 nitrogen and oxygen atoms in total. The van der Waals surface area contributed by atoms with Gasteiger partial charge in [0.2, 0.25) is 10.0 Å². The molecule has 3 aromatic heterocycles. The predicted molar refractivity (Wildman–Crippen MR) is 149 cm³/mol. The van der Waals surface area contributed by atoms with Gasteiger partial charge in [-0.05, 0) is 61.2 Å². The van der Waals surface area contributed by atoms with E-state index in [4.69, 9.17) is 0 Å². The third-order valence-corrected chi connectivity index (χ3v) is 9.80. The van der Waals surface area contributed by atoms with Crippen LogP contribution in [0.2, 0.25) is 0 Å². The van der Waals surface area contributed by atoms with Crippen molar-refractivity contribution in [3.63, 3.8) is 0 Å². The van der Waals surface area contributed by atoms with Gasteiger partial charge in [0.25, 0.3) is 0 Å². The number of piperidine rings is 1. The number of thiophene rings is 1. The van der Waals surface area contributed by atoms with Gasteiger partial charge in [0.1, 0.15) is 0 Å². The Balaban J connectivity index is 1.24. The molecule has 6 rings (SSSR count). The first-order valence-corrected chi connectivity index (χ1v) is 14.9. The number of fused-ring (bicyclic) bond motifs is 1. The number of aromatic amines is 1. The van der Waals surface area contributed by atoms with E-state index in [2.05, 4.69) is 42.9 Å². The van der Waals surface area contributed by atoms with Crippen molar-refractivity contribution in [3.8, 4) is 16.9 Å². The number of sulfonamides is 1. The zero-order valence-electron chi connectivity index (χ0n) is 21.3. The minimum Gasteiger partial charge on any atom is -0.298 e. The lowest BCUT2D eigenvalue weighted by atomic mass is 9.95. The number of rotatable bonds is 7. The van der Waals surface area contributed by atoms with E-state index in [1.807, 2.05) is 40.4 Å². The Hall–Kier alpha value is -3.38. The topological polar surface area (TPSA) is 100 Å². The van der Waals surface area contributed by atoms with E-state index < -0.39 is 10.0 Å². The molecule has 38 heavy (non-hydrogen) atoms. The molecular formula is C27H29N7O2S2. The van der Waals surface area contributed by atoms with Crippen LogP contribution in [0.1, 0.15) is 29.3 Å². The maximum Gasteiger partial charge on any atom is 0.242 e. The van der Waals surface area contributed by atoms with Gasteiger partial charge in [0.05, 0.1) is 33.7 Å². The van der Waals surface area contributed by atoms with Crippen molar-refractivity contribution in [2.45, 2.75) is 30.2 Å². The average molecular weight is 548 g/mol. The molecule has 0 radical (unpaired) electrons. The minimum absolute atomic E-state index is 0.249. The van der Waals surface area contributed by atoms with Gasteiger partial charge in [-0.1, -0.05) is 23.4 Å². The van der Waals surface area contributed by atoms with Crippen LogP contribution in [0.3, 0.4) is 0 Å².